The first-order chi connectivity index (χ1) is 13.0. The minimum atomic E-state index is -1.15. The van der Waals surface area contributed by atoms with Crippen LogP contribution in [0, 0.1) is 0 Å². The Hall–Kier alpha value is -1.42. The summed E-state index contributed by atoms with van der Waals surface area (Å²) in [4.78, 5) is 26.0. The van der Waals surface area contributed by atoms with Gasteiger partial charge in [0.25, 0.3) is 0 Å². The maximum absolute atomic E-state index is 12.3. The molecule has 0 bridgehead atoms. The van der Waals surface area contributed by atoms with E-state index in [1.165, 1.54) is 6.42 Å². The Morgan fingerprint density at radius 3 is 2.37 bits per heavy atom. The lowest BCUT2D eigenvalue weighted by Crippen LogP contribution is -2.47. The van der Waals surface area contributed by atoms with E-state index < -0.39 is 24.4 Å². The van der Waals surface area contributed by atoms with Crippen LogP contribution < -0.4 is 10.6 Å². The van der Waals surface area contributed by atoms with E-state index in [1.54, 1.807) is 4.90 Å². The van der Waals surface area contributed by atoms with Gasteiger partial charge in [-0.2, -0.15) is 0 Å². The van der Waals surface area contributed by atoms with Crippen LogP contribution in [0.25, 0.3) is 0 Å². The fraction of sp³-hybridized carbons (Fsp3) is 0.889. The molecular formula is C18H31N3O6. The number of carbonyl (C=O) groups excluding carboxylic acids is 2. The summed E-state index contributed by atoms with van der Waals surface area (Å²) in [6.07, 6.45) is 1.64. The second-order valence-electron chi connectivity index (χ2n) is 7.58. The van der Waals surface area contributed by atoms with Crippen LogP contribution in [-0.2, 0) is 14.3 Å². The highest BCUT2D eigenvalue weighted by molar-refractivity contribution is 5.77. The maximum Gasteiger partial charge on any atom is 0.315 e. The Kier molecular flexibility index (Phi) is 7.28. The quantitative estimate of drug-likeness (QED) is 0.500. The summed E-state index contributed by atoms with van der Waals surface area (Å²) in [5, 5.41) is 26.0. The summed E-state index contributed by atoms with van der Waals surface area (Å²) in [7, 11) is 0. The molecule has 9 heteroatoms. The first-order valence-electron chi connectivity index (χ1n) is 9.96. The molecule has 4 N–H and O–H groups in total. The molecule has 2 aliphatic heterocycles. The van der Waals surface area contributed by atoms with Crippen molar-refractivity contribution in [1.29, 1.82) is 0 Å². The van der Waals surface area contributed by atoms with Gasteiger partial charge in [0.15, 0.2) is 0 Å². The fourth-order valence-corrected chi connectivity index (χ4v) is 3.95. The maximum atomic E-state index is 12.3. The number of hydrogen-bond donors (Lipinski definition) is 4. The molecule has 154 valence electrons. The van der Waals surface area contributed by atoms with Crippen LogP contribution in [0.15, 0.2) is 0 Å². The molecule has 3 aliphatic rings. The predicted molar refractivity (Wildman–Crippen MR) is 96.1 cm³/mol. The van der Waals surface area contributed by atoms with Crippen molar-refractivity contribution in [1.82, 2.24) is 15.5 Å². The summed E-state index contributed by atoms with van der Waals surface area (Å²) in [6, 6.07) is -0.0994. The second kappa shape index (κ2) is 9.68. The van der Waals surface area contributed by atoms with E-state index in [0.717, 1.165) is 25.7 Å². The number of aliphatic hydroxyl groups is 2. The second-order valence-corrected chi connectivity index (χ2v) is 7.58. The van der Waals surface area contributed by atoms with Crippen molar-refractivity contribution in [3.63, 3.8) is 0 Å². The molecule has 2 saturated heterocycles. The Morgan fingerprint density at radius 1 is 1.00 bits per heavy atom. The summed E-state index contributed by atoms with van der Waals surface area (Å²) in [5.74, 6) is -0.127. The zero-order valence-corrected chi connectivity index (χ0v) is 15.6. The van der Waals surface area contributed by atoms with Gasteiger partial charge in [0.05, 0.1) is 25.7 Å². The third-order valence-electron chi connectivity index (χ3n) is 5.61. The monoisotopic (exact) mass is 385 g/mol. The molecule has 3 amide bonds. The van der Waals surface area contributed by atoms with Gasteiger partial charge in [0, 0.05) is 25.7 Å². The highest BCUT2D eigenvalue weighted by Gasteiger charge is 2.43. The number of nitrogens with one attached hydrogen (secondary N) is 2. The summed E-state index contributed by atoms with van der Waals surface area (Å²) in [5.41, 5.74) is 0. The third kappa shape index (κ3) is 5.54. The van der Waals surface area contributed by atoms with Crippen molar-refractivity contribution >= 4 is 11.9 Å². The van der Waals surface area contributed by atoms with Gasteiger partial charge in [-0.15, -0.1) is 0 Å². The zero-order chi connectivity index (χ0) is 19.2. The van der Waals surface area contributed by atoms with Crippen molar-refractivity contribution in [2.24, 2.45) is 0 Å². The molecule has 27 heavy (non-hydrogen) atoms. The van der Waals surface area contributed by atoms with Crippen LogP contribution in [0.2, 0.25) is 0 Å². The van der Waals surface area contributed by atoms with Crippen molar-refractivity contribution in [3.8, 4) is 0 Å². The molecule has 9 nitrogen and oxygen atoms in total. The highest BCUT2D eigenvalue weighted by atomic mass is 16.5. The smallest absolute Gasteiger partial charge is 0.315 e. The molecule has 3 rings (SSSR count). The van der Waals surface area contributed by atoms with Crippen molar-refractivity contribution < 1.29 is 29.3 Å². The van der Waals surface area contributed by atoms with Gasteiger partial charge in [-0.25, -0.2) is 4.79 Å². The van der Waals surface area contributed by atoms with Crippen molar-refractivity contribution in [2.45, 2.75) is 69.0 Å². The van der Waals surface area contributed by atoms with Gasteiger partial charge in [0.1, 0.15) is 18.3 Å². The Morgan fingerprint density at radius 2 is 1.67 bits per heavy atom. The molecule has 3 fully saturated rings. The lowest BCUT2D eigenvalue weighted by atomic mass is 9.96. The van der Waals surface area contributed by atoms with E-state index in [1.807, 2.05) is 0 Å². The van der Waals surface area contributed by atoms with E-state index in [-0.39, 0.29) is 30.9 Å². The predicted octanol–water partition coefficient (Wildman–Crippen LogP) is -0.644. The number of nitrogens with zero attached hydrogens (tertiary/aromatic N) is 1. The number of urea groups is 1. The van der Waals surface area contributed by atoms with Gasteiger partial charge >= 0.3 is 6.03 Å². The molecule has 0 unspecified atom stereocenters. The van der Waals surface area contributed by atoms with E-state index in [4.69, 9.17) is 9.47 Å². The summed E-state index contributed by atoms with van der Waals surface area (Å²) < 4.78 is 10.9. The summed E-state index contributed by atoms with van der Waals surface area (Å²) >= 11 is 0. The average molecular weight is 385 g/mol. The number of morpholine rings is 1. The van der Waals surface area contributed by atoms with Crippen LogP contribution in [0.5, 0.6) is 0 Å². The lowest BCUT2D eigenvalue weighted by Gasteiger charge is -2.28. The first kappa shape index (κ1) is 20.3. The van der Waals surface area contributed by atoms with E-state index in [9.17, 15) is 19.8 Å². The standard InChI is InChI=1S/C18H31N3O6/c22-15(21-6-8-26-9-7-21)10-13-16(23)17(24)14(27-13)11-19-18(25)20-12-4-2-1-3-5-12/h12-14,16-17,23-24H,1-11H2,(H2,19,20,25)/t13-,14+,16-,17+/m0/s1. The molecule has 0 aromatic rings. The topological polar surface area (TPSA) is 120 Å². The molecule has 0 radical (unpaired) electrons. The first-order valence-corrected chi connectivity index (χ1v) is 9.96. The minimum Gasteiger partial charge on any atom is -0.388 e. The van der Waals surface area contributed by atoms with Crippen LogP contribution in [0.3, 0.4) is 0 Å². The van der Waals surface area contributed by atoms with E-state index in [0.29, 0.717) is 26.3 Å². The Balaban J connectivity index is 1.42. The van der Waals surface area contributed by atoms with Crippen LogP contribution in [0.4, 0.5) is 4.79 Å². The Bertz CT molecular complexity index is 507. The van der Waals surface area contributed by atoms with Gasteiger partial charge in [-0.05, 0) is 12.8 Å². The van der Waals surface area contributed by atoms with Crippen molar-refractivity contribution in [3.05, 3.63) is 0 Å². The molecule has 2 heterocycles. The fourth-order valence-electron chi connectivity index (χ4n) is 3.95. The molecule has 4 atom stereocenters. The SMILES string of the molecule is O=C(NC[C@H]1O[C@@H](CC(=O)N2CCOCC2)[C@H](O)[C@@H]1O)NC1CCCCC1. The summed E-state index contributed by atoms with van der Waals surface area (Å²) in [6.45, 7) is 2.14. The lowest BCUT2D eigenvalue weighted by molar-refractivity contribution is -0.139. The number of amides is 3. The number of aliphatic hydroxyl groups excluding tert-OH is 2. The number of ether oxygens (including phenoxy) is 2. The van der Waals surface area contributed by atoms with Crippen molar-refractivity contribution in [2.75, 3.05) is 32.8 Å². The normalized spacial score (nSPS) is 32.3. The van der Waals surface area contributed by atoms with Crippen LogP contribution >= 0.6 is 0 Å². The van der Waals surface area contributed by atoms with E-state index in [2.05, 4.69) is 10.6 Å². The van der Waals surface area contributed by atoms with Crippen LogP contribution in [0.1, 0.15) is 38.5 Å². The largest absolute Gasteiger partial charge is 0.388 e. The average Bonchev–Trinajstić information content (AvgIpc) is 2.95. The van der Waals surface area contributed by atoms with E-state index >= 15 is 0 Å². The molecular weight excluding hydrogens is 354 g/mol. The highest BCUT2D eigenvalue weighted by Crippen LogP contribution is 2.24. The molecule has 0 aromatic heterocycles. The molecule has 0 spiro atoms. The van der Waals surface area contributed by atoms with Gasteiger partial charge < -0.3 is 35.2 Å². The third-order valence-corrected chi connectivity index (χ3v) is 5.61. The number of hydrogen-bond acceptors (Lipinski definition) is 6. The van der Waals surface area contributed by atoms with Gasteiger partial charge in [-0.1, -0.05) is 19.3 Å². The minimum absolute atomic E-state index is 0.00297. The zero-order valence-electron chi connectivity index (χ0n) is 15.6. The molecule has 1 saturated carbocycles. The number of rotatable bonds is 5. The Labute approximate surface area is 159 Å². The molecule has 1 aliphatic carbocycles. The molecule has 0 aromatic carbocycles. The van der Waals surface area contributed by atoms with Crippen LogP contribution in [-0.4, -0.2) is 90.4 Å². The van der Waals surface area contributed by atoms with Gasteiger partial charge in [-0.3, -0.25) is 4.79 Å². The van der Waals surface area contributed by atoms with Gasteiger partial charge in [0.2, 0.25) is 5.91 Å². The number of carbonyl (C=O) groups is 2.